The smallest absolute Gasteiger partial charge is 0.0541 e. The average molecular weight is 358 g/mol. The minimum atomic E-state index is 0.520. The van der Waals surface area contributed by atoms with E-state index in [0.717, 1.165) is 38.2 Å². The van der Waals surface area contributed by atoms with E-state index >= 15 is 0 Å². The molecule has 4 nitrogen and oxygen atoms in total. The van der Waals surface area contributed by atoms with Gasteiger partial charge in [0.15, 0.2) is 0 Å². The number of aromatic nitrogens is 2. The second-order valence-corrected chi connectivity index (χ2v) is 7.17. The molecular weight excluding hydrogens is 332 g/mol. The van der Waals surface area contributed by atoms with Crippen LogP contribution < -0.4 is 10.6 Å². The van der Waals surface area contributed by atoms with Crippen LogP contribution in [0.4, 0.5) is 0 Å². The lowest BCUT2D eigenvalue weighted by atomic mass is 9.92. The van der Waals surface area contributed by atoms with Crippen molar-refractivity contribution in [1.82, 2.24) is 20.6 Å². The van der Waals surface area contributed by atoms with Crippen molar-refractivity contribution in [3.8, 4) is 0 Å². The molecule has 0 bridgehead atoms. The SMILES string of the molecule is c1ccc(CNCc2ccc(CNC3CCc4cccnc4C3)cc2)nc1. The van der Waals surface area contributed by atoms with Crippen LogP contribution in [-0.4, -0.2) is 16.0 Å². The maximum atomic E-state index is 4.54. The summed E-state index contributed by atoms with van der Waals surface area (Å²) in [5.41, 5.74) is 6.37. The first-order valence-corrected chi connectivity index (χ1v) is 9.71. The van der Waals surface area contributed by atoms with E-state index in [1.807, 2.05) is 36.7 Å². The molecule has 0 saturated heterocycles. The van der Waals surface area contributed by atoms with E-state index in [1.165, 1.54) is 28.8 Å². The summed E-state index contributed by atoms with van der Waals surface area (Å²) in [6, 6.07) is 19.6. The maximum absolute atomic E-state index is 4.54. The highest BCUT2D eigenvalue weighted by Crippen LogP contribution is 2.19. The number of aryl methyl sites for hydroxylation is 1. The van der Waals surface area contributed by atoms with Gasteiger partial charge >= 0.3 is 0 Å². The minimum absolute atomic E-state index is 0.520. The van der Waals surface area contributed by atoms with Gasteiger partial charge in [-0.2, -0.15) is 0 Å². The van der Waals surface area contributed by atoms with E-state index in [4.69, 9.17) is 0 Å². The molecule has 4 heteroatoms. The molecule has 4 rings (SSSR count). The predicted octanol–water partition coefficient (Wildman–Crippen LogP) is 3.41. The molecule has 0 aliphatic heterocycles. The second-order valence-electron chi connectivity index (χ2n) is 7.17. The van der Waals surface area contributed by atoms with Crippen LogP contribution in [0.15, 0.2) is 67.0 Å². The number of nitrogens with one attached hydrogen (secondary N) is 2. The predicted molar refractivity (Wildman–Crippen MR) is 108 cm³/mol. The summed E-state index contributed by atoms with van der Waals surface area (Å²) in [6.45, 7) is 2.56. The highest BCUT2D eigenvalue weighted by atomic mass is 14.9. The van der Waals surface area contributed by atoms with Gasteiger partial charge in [-0.1, -0.05) is 36.4 Å². The van der Waals surface area contributed by atoms with Gasteiger partial charge in [-0.15, -0.1) is 0 Å². The molecule has 3 aromatic rings. The lowest BCUT2D eigenvalue weighted by molar-refractivity contribution is 0.452. The van der Waals surface area contributed by atoms with Crippen LogP contribution in [0.5, 0.6) is 0 Å². The molecule has 1 atom stereocenters. The molecule has 2 N–H and O–H groups in total. The monoisotopic (exact) mass is 358 g/mol. The van der Waals surface area contributed by atoms with E-state index in [-0.39, 0.29) is 0 Å². The van der Waals surface area contributed by atoms with Crippen LogP contribution in [-0.2, 0) is 32.5 Å². The number of nitrogens with zero attached hydrogens (tertiary/aromatic N) is 2. The van der Waals surface area contributed by atoms with Crippen LogP contribution in [0, 0.1) is 0 Å². The number of benzene rings is 1. The molecular formula is C23H26N4. The van der Waals surface area contributed by atoms with Gasteiger partial charge < -0.3 is 10.6 Å². The normalized spacial score (nSPS) is 16.1. The number of rotatable bonds is 7. The van der Waals surface area contributed by atoms with Crippen LogP contribution in [0.1, 0.15) is 34.5 Å². The Balaban J connectivity index is 1.22. The van der Waals surface area contributed by atoms with Gasteiger partial charge in [0.05, 0.1) is 5.69 Å². The lowest BCUT2D eigenvalue weighted by Crippen LogP contribution is -2.34. The van der Waals surface area contributed by atoms with Gasteiger partial charge in [0.2, 0.25) is 0 Å². The molecule has 0 radical (unpaired) electrons. The molecule has 2 aromatic heterocycles. The Labute approximate surface area is 161 Å². The second kappa shape index (κ2) is 8.89. The summed E-state index contributed by atoms with van der Waals surface area (Å²) in [6.07, 6.45) is 7.09. The standard InChI is InChI=1S/C23H26N4/c1-2-12-25-22(5-1)17-24-15-18-6-8-19(9-7-18)16-27-21-11-10-20-4-3-13-26-23(20)14-21/h1-9,12-13,21,24,27H,10-11,14-17H2. The largest absolute Gasteiger partial charge is 0.310 e. The summed E-state index contributed by atoms with van der Waals surface area (Å²) in [7, 11) is 0. The molecule has 138 valence electrons. The molecule has 0 fully saturated rings. The third kappa shape index (κ3) is 5.00. The topological polar surface area (TPSA) is 49.8 Å². The zero-order valence-electron chi connectivity index (χ0n) is 15.6. The van der Waals surface area contributed by atoms with Gasteiger partial charge in [0, 0.05) is 50.2 Å². The summed E-state index contributed by atoms with van der Waals surface area (Å²) >= 11 is 0. The fraction of sp³-hybridized carbons (Fsp3) is 0.304. The van der Waals surface area contributed by atoms with E-state index < -0.39 is 0 Å². The van der Waals surface area contributed by atoms with Gasteiger partial charge in [-0.05, 0) is 47.7 Å². The summed E-state index contributed by atoms with van der Waals surface area (Å²) in [5.74, 6) is 0. The summed E-state index contributed by atoms with van der Waals surface area (Å²) in [5, 5.41) is 7.14. The van der Waals surface area contributed by atoms with E-state index in [2.05, 4.69) is 50.9 Å². The Kier molecular flexibility index (Phi) is 5.87. The third-order valence-electron chi connectivity index (χ3n) is 5.17. The Hall–Kier alpha value is -2.56. The van der Waals surface area contributed by atoms with Crippen molar-refractivity contribution in [3.63, 3.8) is 0 Å². The van der Waals surface area contributed by atoms with Crippen LogP contribution in [0.3, 0.4) is 0 Å². The zero-order chi connectivity index (χ0) is 18.3. The first-order chi connectivity index (χ1) is 13.4. The van der Waals surface area contributed by atoms with Gasteiger partial charge in [0.1, 0.15) is 0 Å². The molecule has 2 heterocycles. The molecule has 0 spiro atoms. The maximum Gasteiger partial charge on any atom is 0.0541 e. The first kappa shape index (κ1) is 17.8. The minimum Gasteiger partial charge on any atom is -0.310 e. The molecule has 1 unspecified atom stereocenters. The van der Waals surface area contributed by atoms with Crippen molar-refractivity contribution in [2.45, 2.75) is 44.9 Å². The number of hydrogen-bond donors (Lipinski definition) is 2. The Bertz CT molecular complexity index is 846. The fourth-order valence-electron chi connectivity index (χ4n) is 3.60. The van der Waals surface area contributed by atoms with E-state index in [0.29, 0.717) is 6.04 Å². The number of pyridine rings is 2. The van der Waals surface area contributed by atoms with Crippen LogP contribution in [0.2, 0.25) is 0 Å². The highest BCUT2D eigenvalue weighted by molar-refractivity contribution is 5.25. The molecule has 1 aliphatic rings. The van der Waals surface area contributed by atoms with Crippen molar-refractivity contribution in [2.75, 3.05) is 0 Å². The number of fused-ring (bicyclic) bond motifs is 1. The van der Waals surface area contributed by atoms with Crippen molar-refractivity contribution >= 4 is 0 Å². The Morgan fingerprint density at radius 3 is 2.44 bits per heavy atom. The first-order valence-electron chi connectivity index (χ1n) is 9.71. The molecule has 1 aliphatic carbocycles. The van der Waals surface area contributed by atoms with E-state index in [9.17, 15) is 0 Å². The molecule has 27 heavy (non-hydrogen) atoms. The van der Waals surface area contributed by atoms with Crippen molar-refractivity contribution in [3.05, 3.63) is 95.1 Å². The molecule has 0 saturated carbocycles. The third-order valence-corrected chi connectivity index (χ3v) is 5.17. The fourth-order valence-corrected chi connectivity index (χ4v) is 3.60. The van der Waals surface area contributed by atoms with Crippen molar-refractivity contribution in [1.29, 1.82) is 0 Å². The summed E-state index contributed by atoms with van der Waals surface area (Å²) < 4.78 is 0. The molecule has 0 amide bonds. The lowest BCUT2D eigenvalue weighted by Gasteiger charge is -2.24. The summed E-state index contributed by atoms with van der Waals surface area (Å²) in [4.78, 5) is 8.87. The van der Waals surface area contributed by atoms with Gasteiger partial charge in [0.25, 0.3) is 0 Å². The Morgan fingerprint density at radius 1 is 0.815 bits per heavy atom. The average Bonchev–Trinajstić information content (AvgIpc) is 2.74. The van der Waals surface area contributed by atoms with E-state index in [1.54, 1.807) is 0 Å². The van der Waals surface area contributed by atoms with Crippen LogP contribution >= 0.6 is 0 Å². The van der Waals surface area contributed by atoms with Crippen molar-refractivity contribution < 1.29 is 0 Å². The quantitative estimate of drug-likeness (QED) is 0.679. The van der Waals surface area contributed by atoms with Crippen LogP contribution in [0.25, 0.3) is 0 Å². The van der Waals surface area contributed by atoms with Crippen molar-refractivity contribution in [2.24, 2.45) is 0 Å². The number of hydrogen-bond acceptors (Lipinski definition) is 4. The highest BCUT2D eigenvalue weighted by Gasteiger charge is 2.18. The zero-order valence-corrected chi connectivity index (χ0v) is 15.6. The van der Waals surface area contributed by atoms with Gasteiger partial charge in [-0.3, -0.25) is 9.97 Å². The Morgan fingerprint density at radius 2 is 1.63 bits per heavy atom. The molecule has 1 aromatic carbocycles. The van der Waals surface area contributed by atoms with Gasteiger partial charge in [-0.25, -0.2) is 0 Å².